The van der Waals surface area contributed by atoms with Crippen molar-refractivity contribution in [1.29, 1.82) is 0 Å². The zero-order valence-corrected chi connectivity index (χ0v) is 9.69. The number of carbonyl (C=O) groups is 1. The van der Waals surface area contributed by atoms with Crippen LogP contribution in [0.15, 0.2) is 18.2 Å². The number of anilines is 1. The van der Waals surface area contributed by atoms with Crippen LogP contribution in [-0.2, 0) is 11.2 Å². The third kappa shape index (κ3) is 2.50. The molecule has 1 atom stereocenters. The van der Waals surface area contributed by atoms with Gasteiger partial charge in [-0.2, -0.15) is 0 Å². The monoisotopic (exact) mass is 236 g/mol. The van der Waals surface area contributed by atoms with Gasteiger partial charge in [-0.1, -0.05) is 12.1 Å². The van der Waals surface area contributed by atoms with Crippen LogP contribution in [0, 0.1) is 0 Å². The van der Waals surface area contributed by atoms with E-state index in [-0.39, 0.29) is 6.54 Å². The highest BCUT2D eigenvalue weighted by Gasteiger charge is 2.19. The summed E-state index contributed by atoms with van der Waals surface area (Å²) in [7, 11) is 1.30. The van der Waals surface area contributed by atoms with Crippen LogP contribution in [0.5, 0.6) is 0 Å². The molecule has 17 heavy (non-hydrogen) atoms. The minimum atomic E-state index is -0.705. The van der Waals surface area contributed by atoms with Crippen LogP contribution in [0.2, 0.25) is 0 Å². The Morgan fingerprint density at radius 3 is 3.24 bits per heavy atom. The number of carbonyl (C=O) groups excluding carboxylic acids is 1. The van der Waals surface area contributed by atoms with E-state index in [1.165, 1.54) is 7.11 Å². The second kappa shape index (κ2) is 5.05. The second-order valence-corrected chi connectivity index (χ2v) is 3.94. The Morgan fingerprint density at radius 1 is 1.65 bits per heavy atom. The van der Waals surface area contributed by atoms with Crippen LogP contribution in [0.25, 0.3) is 0 Å². The molecule has 5 heteroatoms. The molecule has 0 radical (unpaired) electrons. The first-order valence-corrected chi connectivity index (χ1v) is 5.58. The van der Waals surface area contributed by atoms with Gasteiger partial charge in [0, 0.05) is 12.2 Å². The van der Waals surface area contributed by atoms with Crippen molar-refractivity contribution < 1.29 is 14.6 Å². The fourth-order valence-corrected chi connectivity index (χ4v) is 2.05. The number of hydrogen-bond acceptors (Lipinski definition) is 4. The normalized spacial score (nSPS) is 14.7. The molecule has 2 rings (SSSR count). The molecule has 0 spiro atoms. The fourth-order valence-electron chi connectivity index (χ4n) is 2.05. The number of alkyl carbamates (subject to hydrolysis) is 1. The SMILES string of the molecule is COC(=O)NCC(O)c1cccc2c1CCN2. The topological polar surface area (TPSA) is 70.6 Å². The van der Waals surface area contributed by atoms with Crippen molar-refractivity contribution in [3.8, 4) is 0 Å². The van der Waals surface area contributed by atoms with Crippen LogP contribution in [0.1, 0.15) is 17.2 Å². The number of methoxy groups -OCH3 is 1. The Morgan fingerprint density at radius 2 is 2.47 bits per heavy atom. The molecule has 1 aliphatic rings. The van der Waals surface area contributed by atoms with Crippen molar-refractivity contribution in [2.24, 2.45) is 0 Å². The Kier molecular flexibility index (Phi) is 3.49. The molecule has 0 fully saturated rings. The first-order valence-electron chi connectivity index (χ1n) is 5.58. The summed E-state index contributed by atoms with van der Waals surface area (Å²) in [4.78, 5) is 10.9. The summed E-state index contributed by atoms with van der Waals surface area (Å²) in [5.41, 5.74) is 3.06. The molecule has 1 heterocycles. The molecular weight excluding hydrogens is 220 g/mol. The smallest absolute Gasteiger partial charge is 0.406 e. The van der Waals surface area contributed by atoms with Crippen LogP contribution in [0.3, 0.4) is 0 Å². The molecule has 3 N–H and O–H groups in total. The lowest BCUT2D eigenvalue weighted by Gasteiger charge is -2.15. The van der Waals surface area contributed by atoms with Gasteiger partial charge in [-0.25, -0.2) is 4.79 Å². The van der Waals surface area contributed by atoms with Crippen molar-refractivity contribution in [2.75, 3.05) is 25.5 Å². The van der Waals surface area contributed by atoms with Crippen molar-refractivity contribution in [3.05, 3.63) is 29.3 Å². The average Bonchev–Trinajstić information content (AvgIpc) is 2.83. The first-order chi connectivity index (χ1) is 8.22. The van der Waals surface area contributed by atoms with E-state index < -0.39 is 12.2 Å². The van der Waals surface area contributed by atoms with E-state index in [0.717, 1.165) is 29.8 Å². The summed E-state index contributed by atoms with van der Waals surface area (Å²) in [6.45, 7) is 1.05. The summed E-state index contributed by atoms with van der Waals surface area (Å²) >= 11 is 0. The van der Waals surface area contributed by atoms with Crippen molar-refractivity contribution in [2.45, 2.75) is 12.5 Å². The predicted molar refractivity (Wildman–Crippen MR) is 64.0 cm³/mol. The maximum absolute atomic E-state index is 10.9. The van der Waals surface area contributed by atoms with E-state index in [2.05, 4.69) is 15.4 Å². The third-order valence-corrected chi connectivity index (χ3v) is 2.89. The Balaban J connectivity index is 2.07. The van der Waals surface area contributed by atoms with E-state index >= 15 is 0 Å². The molecule has 92 valence electrons. The van der Waals surface area contributed by atoms with Gasteiger partial charge in [0.05, 0.1) is 19.8 Å². The number of hydrogen-bond donors (Lipinski definition) is 3. The predicted octanol–water partition coefficient (Wildman–Crippen LogP) is 1.04. The van der Waals surface area contributed by atoms with Gasteiger partial charge in [0.2, 0.25) is 0 Å². The molecule has 1 aromatic rings. The van der Waals surface area contributed by atoms with E-state index in [4.69, 9.17) is 0 Å². The molecule has 1 aromatic carbocycles. The van der Waals surface area contributed by atoms with Gasteiger partial charge in [0.1, 0.15) is 0 Å². The number of rotatable bonds is 3. The highest BCUT2D eigenvalue weighted by molar-refractivity contribution is 5.67. The first kappa shape index (κ1) is 11.7. The van der Waals surface area contributed by atoms with Crippen molar-refractivity contribution in [1.82, 2.24) is 5.32 Å². The van der Waals surface area contributed by atoms with Gasteiger partial charge in [-0.15, -0.1) is 0 Å². The molecule has 1 unspecified atom stereocenters. The van der Waals surface area contributed by atoms with Gasteiger partial charge in [-0.05, 0) is 23.6 Å². The molecule has 1 aliphatic heterocycles. The molecule has 5 nitrogen and oxygen atoms in total. The van der Waals surface area contributed by atoms with Crippen molar-refractivity contribution in [3.63, 3.8) is 0 Å². The van der Waals surface area contributed by atoms with Crippen LogP contribution in [-0.4, -0.2) is 31.4 Å². The van der Waals surface area contributed by atoms with E-state index in [0.29, 0.717) is 0 Å². The number of amides is 1. The number of fused-ring (bicyclic) bond motifs is 1. The van der Waals surface area contributed by atoms with E-state index in [1.807, 2.05) is 18.2 Å². The third-order valence-electron chi connectivity index (χ3n) is 2.89. The molecule has 0 saturated heterocycles. The zero-order chi connectivity index (χ0) is 12.3. The Hall–Kier alpha value is -1.75. The number of aliphatic hydroxyl groups excluding tert-OH is 1. The number of nitrogens with one attached hydrogen (secondary N) is 2. The van der Waals surface area contributed by atoms with Crippen LogP contribution >= 0.6 is 0 Å². The van der Waals surface area contributed by atoms with Crippen LogP contribution < -0.4 is 10.6 Å². The summed E-state index contributed by atoms with van der Waals surface area (Å²) in [5, 5.41) is 15.8. The largest absolute Gasteiger partial charge is 0.453 e. The summed E-state index contributed by atoms with van der Waals surface area (Å²) in [6, 6.07) is 5.77. The molecule has 1 amide bonds. The molecule has 0 bridgehead atoms. The van der Waals surface area contributed by atoms with Gasteiger partial charge in [0.25, 0.3) is 0 Å². The second-order valence-electron chi connectivity index (χ2n) is 3.94. The van der Waals surface area contributed by atoms with E-state index in [9.17, 15) is 9.90 Å². The Bertz CT molecular complexity index is 420. The minimum Gasteiger partial charge on any atom is -0.453 e. The Labute approximate surface area is 99.8 Å². The number of benzene rings is 1. The number of ether oxygens (including phenoxy) is 1. The maximum atomic E-state index is 10.9. The lowest BCUT2D eigenvalue weighted by atomic mass is 10.0. The fraction of sp³-hybridized carbons (Fsp3) is 0.417. The lowest BCUT2D eigenvalue weighted by Crippen LogP contribution is -2.28. The number of aliphatic hydroxyl groups is 1. The maximum Gasteiger partial charge on any atom is 0.406 e. The molecule has 0 saturated carbocycles. The van der Waals surface area contributed by atoms with Gasteiger partial charge in [0.15, 0.2) is 0 Å². The molecule has 0 aromatic heterocycles. The quantitative estimate of drug-likeness (QED) is 0.733. The summed E-state index contributed by atoms with van der Waals surface area (Å²) in [6.07, 6.45) is -0.334. The highest BCUT2D eigenvalue weighted by Crippen LogP contribution is 2.29. The summed E-state index contributed by atoms with van der Waals surface area (Å²) in [5.74, 6) is 0. The van der Waals surface area contributed by atoms with E-state index in [1.54, 1.807) is 0 Å². The van der Waals surface area contributed by atoms with Crippen LogP contribution in [0.4, 0.5) is 10.5 Å². The van der Waals surface area contributed by atoms with Gasteiger partial charge >= 0.3 is 6.09 Å². The average molecular weight is 236 g/mol. The standard InChI is InChI=1S/C12H16N2O3/c1-17-12(16)14-7-11(15)9-3-2-4-10-8(9)5-6-13-10/h2-4,11,13,15H,5-7H2,1H3,(H,14,16). The highest BCUT2D eigenvalue weighted by atomic mass is 16.5. The molecule has 0 aliphatic carbocycles. The zero-order valence-electron chi connectivity index (χ0n) is 9.69. The van der Waals surface area contributed by atoms with Crippen molar-refractivity contribution >= 4 is 11.8 Å². The van der Waals surface area contributed by atoms with Gasteiger partial charge < -0.3 is 20.5 Å². The minimum absolute atomic E-state index is 0.156. The summed E-state index contributed by atoms with van der Waals surface area (Å²) < 4.78 is 4.46. The molecular formula is C12H16N2O3. The lowest BCUT2D eigenvalue weighted by molar-refractivity contribution is 0.147. The van der Waals surface area contributed by atoms with Gasteiger partial charge in [-0.3, -0.25) is 0 Å².